The molecular weight excluding hydrogens is 270 g/mol. The Morgan fingerprint density at radius 3 is 3.10 bits per heavy atom. The Labute approximate surface area is 124 Å². The molecule has 0 spiro atoms. The average Bonchev–Trinajstić information content (AvgIpc) is 2.46. The summed E-state index contributed by atoms with van der Waals surface area (Å²) in [7, 11) is 0. The topological polar surface area (TPSA) is 68.0 Å². The predicted octanol–water partition coefficient (Wildman–Crippen LogP) is 2.34. The molecule has 1 saturated carbocycles. The molecule has 1 aliphatic rings. The number of hydrogen-bond donors (Lipinski definition) is 2. The fourth-order valence-electron chi connectivity index (χ4n) is 2.75. The third-order valence-electron chi connectivity index (χ3n) is 3.82. The van der Waals surface area contributed by atoms with Gasteiger partial charge in [-0.05, 0) is 50.8 Å². The van der Waals surface area contributed by atoms with Gasteiger partial charge in [0.15, 0.2) is 0 Å². The molecule has 0 saturated heterocycles. The first-order valence-electron chi connectivity index (χ1n) is 7.29. The van der Waals surface area contributed by atoms with E-state index in [0.29, 0.717) is 5.25 Å². The minimum Gasteiger partial charge on any atom is -0.368 e. The van der Waals surface area contributed by atoms with Crippen LogP contribution in [0.25, 0.3) is 0 Å². The highest BCUT2D eigenvalue weighted by molar-refractivity contribution is 7.99. The second-order valence-corrected chi connectivity index (χ2v) is 6.70. The van der Waals surface area contributed by atoms with Crippen LogP contribution in [0.4, 0.5) is 0 Å². The molecule has 1 fully saturated rings. The van der Waals surface area contributed by atoms with Crippen molar-refractivity contribution >= 4 is 17.7 Å². The maximum atomic E-state index is 11.9. The van der Waals surface area contributed by atoms with Crippen molar-refractivity contribution < 1.29 is 4.79 Å². The van der Waals surface area contributed by atoms with Gasteiger partial charge in [0.1, 0.15) is 0 Å². The Morgan fingerprint density at radius 2 is 2.45 bits per heavy atom. The highest BCUT2D eigenvalue weighted by Crippen LogP contribution is 2.37. The molecule has 110 valence electrons. The van der Waals surface area contributed by atoms with Crippen molar-refractivity contribution in [2.45, 2.75) is 54.8 Å². The summed E-state index contributed by atoms with van der Waals surface area (Å²) in [4.78, 5) is 16.3. The van der Waals surface area contributed by atoms with Crippen LogP contribution < -0.4 is 11.1 Å². The van der Waals surface area contributed by atoms with E-state index < -0.39 is 5.54 Å². The Hall–Kier alpha value is -1.07. The third-order valence-corrected chi connectivity index (χ3v) is 5.03. The molecule has 1 aromatic rings. The zero-order chi connectivity index (χ0) is 14.4. The van der Waals surface area contributed by atoms with Gasteiger partial charge in [-0.25, -0.2) is 4.98 Å². The molecule has 1 aromatic heterocycles. The van der Waals surface area contributed by atoms with Crippen molar-refractivity contribution in [3.63, 3.8) is 0 Å². The first-order valence-corrected chi connectivity index (χ1v) is 8.17. The van der Waals surface area contributed by atoms with Gasteiger partial charge in [-0.2, -0.15) is 0 Å². The summed E-state index contributed by atoms with van der Waals surface area (Å²) in [6, 6.07) is 5.93. The summed E-state index contributed by atoms with van der Waals surface area (Å²) in [5.74, 6) is -0.211. The maximum absolute atomic E-state index is 11.9. The number of aromatic nitrogens is 1. The highest BCUT2D eigenvalue weighted by Gasteiger charge is 2.41. The molecule has 0 radical (unpaired) electrons. The van der Waals surface area contributed by atoms with E-state index >= 15 is 0 Å². The number of nitrogens with one attached hydrogen (secondary N) is 1. The van der Waals surface area contributed by atoms with Gasteiger partial charge in [-0.1, -0.05) is 13.0 Å². The van der Waals surface area contributed by atoms with E-state index in [2.05, 4.69) is 17.2 Å². The number of hydrogen-bond acceptors (Lipinski definition) is 4. The standard InChI is InChI=1S/C15H23N3OS/c1-2-9-18-15(14(16)19)8-5-6-12(11-15)20-13-7-3-4-10-17-13/h3-4,7,10,12,18H,2,5-6,8-9,11H2,1H3,(H2,16,19). The number of nitrogens with two attached hydrogens (primary N) is 1. The summed E-state index contributed by atoms with van der Waals surface area (Å²) in [5, 5.41) is 4.81. The summed E-state index contributed by atoms with van der Waals surface area (Å²) in [6.45, 7) is 2.94. The number of carbonyl (C=O) groups excluding carboxylic acids is 1. The lowest BCUT2D eigenvalue weighted by atomic mass is 9.80. The molecule has 4 nitrogen and oxygen atoms in total. The van der Waals surface area contributed by atoms with Gasteiger partial charge in [0.25, 0.3) is 0 Å². The summed E-state index contributed by atoms with van der Waals surface area (Å²) >= 11 is 1.76. The normalized spacial score (nSPS) is 26.4. The maximum Gasteiger partial charge on any atom is 0.237 e. The molecule has 1 heterocycles. The average molecular weight is 293 g/mol. The lowest BCUT2D eigenvalue weighted by Gasteiger charge is -2.39. The molecule has 5 heteroatoms. The molecule has 2 atom stereocenters. The van der Waals surface area contributed by atoms with Crippen LogP contribution in [0.2, 0.25) is 0 Å². The number of pyridine rings is 1. The number of carbonyl (C=O) groups is 1. The number of nitrogens with zero attached hydrogens (tertiary/aromatic N) is 1. The van der Waals surface area contributed by atoms with E-state index in [1.54, 1.807) is 11.8 Å². The third kappa shape index (κ3) is 3.73. The van der Waals surface area contributed by atoms with Crippen LogP contribution in [-0.2, 0) is 4.79 Å². The van der Waals surface area contributed by atoms with E-state index in [9.17, 15) is 4.79 Å². The minimum atomic E-state index is -0.527. The van der Waals surface area contributed by atoms with Gasteiger partial charge in [-0.15, -0.1) is 11.8 Å². The SMILES string of the molecule is CCCNC1(C(N)=O)CCCC(Sc2ccccn2)C1. The fraction of sp³-hybridized carbons (Fsp3) is 0.600. The molecular formula is C15H23N3OS. The molecule has 2 unspecified atom stereocenters. The smallest absolute Gasteiger partial charge is 0.237 e. The predicted molar refractivity (Wildman–Crippen MR) is 82.6 cm³/mol. The van der Waals surface area contributed by atoms with Crippen molar-refractivity contribution in [2.75, 3.05) is 6.54 Å². The number of amides is 1. The molecule has 2 rings (SSSR count). The number of rotatable bonds is 6. The molecule has 1 amide bonds. The summed E-state index contributed by atoms with van der Waals surface area (Å²) < 4.78 is 0. The lowest BCUT2D eigenvalue weighted by Crippen LogP contribution is -2.58. The van der Waals surface area contributed by atoms with Crippen LogP contribution in [0, 0.1) is 0 Å². The molecule has 0 bridgehead atoms. The van der Waals surface area contributed by atoms with Crippen molar-refractivity contribution in [2.24, 2.45) is 5.73 Å². The Kier molecular flexibility index (Phi) is 5.43. The van der Waals surface area contributed by atoms with Gasteiger partial charge >= 0.3 is 0 Å². The summed E-state index contributed by atoms with van der Waals surface area (Å²) in [5.41, 5.74) is 5.15. The second-order valence-electron chi connectivity index (χ2n) is 5.38. The number of primary amides is 1. The van der Waals surface area contributed by atoms with Crippen molar-refractivity contribution in [3.8, 4) is 0 Å². The number of thioether (sulfide) groups is 1. The van der Waals surface area contributed by atoms with Crippen molar-refractivity contribution in [1.29, 1.82) is 0 Å². The summed E-state index contributed by atoms with van der Waals surface area (Å²) in [6.07, 6.45) is 6.61. The van der Waals surface area contributed by atoms with Gasteiger partial charge in [0.05, 0.1) is 10.6 Å². The first-order chi connectivity index (χ1) is 9.66. The molecule has 0 aliphatic heterocycles. The van der Waals surface area contributed by atoms with E-state index in [1.807, 2.05) is 24.4 Å². The van der Waals surface area contributed by atoms with Crippen LogP contribution in [0.3, 0.4) is 0 Å². The van der Waals surface area contributed by atoms with E-state index in [-0.39, 0.29) is 5.91 Å². The molecule has 3 N–H and O–H groups in total. The first kappa shape index (κ1) is 15.3. The zero-order valence-corrected chi connectivity index (χ0v) is 12.8. The van der Waals surface area contributed by atoms with Gasteiger partial charge in [0.2, 0.25) is 5.91 Å². The Morgan fingerprint density at radius 1 is 1.60 bits per heavy atom. The molecule has 0 aromatic carbocycles. The lowest BCUT2D eigenvalue weighted by molar-refractivity contribution is -0.125. The Bertz CT molecular complexity index is 440. The van der Waals surface area contributed by atoms with Crippen LogP contribution in [0.5, 0.6) is 0 Å². The highest BCUT2D eigenvalue weighted by atomic mass is 32.2. The monoisotopic (exact) mass is 293 g/mol. The van der Waals surface area contributed by atoms with E-state index in [0.717, 1.165) is 43.7 Å². The van der Waals surface area contributed by atoms with Gasteiger partial charge in [0, 0.05) is 11.4 Å². The van der Waals surface area contributed by atoms with E-state index in [1.165, 1.54) is 0 Å². The minimum absolute atomic E-state index is 0.211. The van der Waals surface area contributed by atoms with Crippen LogP contribution in [0.15, 0.2) is 29.4 Å². The van der Waals surface area contributed by atoms with Crippen LogP contribution in [-0.4, -0.2) is 28.2 Å². The van der Waals surface area contributed by atoms with E-state index in [4.69, 9.17) is 5.73 Å². The van der Waals surface area contributed by atoms with Crippen molar-refractivity contribution in [3.05, 3.63) is 24.4 Å². The molecule has 1 aliphatic carbocycles. The molecule has 20 heavy (non-hydrogen) atoms. The fourth-order valence-corrected chi connectivity index (χ4v) is 4.02. The quantitative estimate of drug-likeness (QED) is 0.845. The van der Waals surface area contributed by atoms with Gasteiger partial charge < -0.3 is 11.1 Å². The Balaban J connectivity index is 2.04. The van der Waals surface area contributed by atoms with Crippen LogP contribution >= 0.6 is 11.8 Å². The van der Waals surface area contributed by atoms with Crippen molar-refractivity contribution in [1.82, 2.24) is 10.3 Å². The van der Waals surface area contributed by atoms with Crippen LogP contribution in [0.1, 0.15) is 39.0 Å². The largest absolute Gasteiger partial charge is 0.368 e. The second kappa shape index (κ2) is 7.09. The van der Waals surface area contributed by atoms with Gasteiger partial charge in [-0.3, -0.25) is 4.79 Å². The zero-order valence-electron chi connectivity index (χ0n) is 12.0.